The second-order valence-electron chi connectivity index (χ2n) is 9.83. The standard InChI is InChI=1S/C24H32N2O4/c1-14-5-4-6-20(7-14)22(28)25-15(2)23(29)30-16(3)21(27)26-24-11-17-8-18(12-24)10-19(9-17)13-24/h4-7,15-19H,8-13H2,1-3H3,(H,25,28)(H,26,27)/t15-,16+,17?,18?,19?,24?/m0/s1. The largest absolute Gasteiger partial charge is 0.451 e. The number of carbonyl (C=O) groups is 3. The number of nitrogens with one attached hydrogen (secondary N) is 2. The molecule has 0 aromatic heterocycles. The van der Waals surface area contributed by atoms with E-state index in [0.717, 1.165) is 42.6 Å². The first-order valence-corrected chi connectivity index (χ1v) is 11.1. The maximum absolute atomic E-state index is 12.8. The minimum absolute atomic E-state index is 0.114. The highest BCUT2D eigenvalue weighted by Crippen LogP contribution is 2.55. The lowest BCUT2D eigenvalue weighted by Crippen LogP contribution is -2.61. The highest BCUT2D eigenvalue weighted by molar-refractivity contribution is 5.97. The molecule has 4 aliphatic rings. The van der Waals surface area contributed by atoms with E-state index in [1.807, 2.05) is 13.0 Å². The van der Waals surface area contributed by atoms with Crippen molar-refractivity contribution >= 4 is 17.8 Å². The van der Waals surface area contributed by atoms with Crippen LogP contribution in [-0.4, -0.2) is 35.5 Å². The number of amides is 2. The Morgan fingerprint density at radius 2 is 1.63 bits per heavy atom. The van der Waals surface area contributed by atoms with E-state index >= 15 is 0 Å². The number of benzene rings is 1. The molecule has 4 aliphatic carbocycles. The first kappa shape index (κ1) is 20.9. The van der Waals surface area contributed by atoms with E-state index in [4.69, 9.17) is 4.74 Å². The minimum atomic E-state index is -0.885. The fourth-order valence-corrected chi connectivity index (χ4v) is 6.08. The number of aryl methyl sites for hydroxylation is 1. The average Bonchev–Trinajstić information content (AvgIpc) is 2.66. The lowest BCUT2D eigenvalue weighted by Gasteiger charge is -2.57. The SMILES string of the molecule is Cc1cccc(C(=O)N[C@@H](C)C(=O)O[C@H](C)C(=O)NC23CC4CC(CC(C4)C2)C3)c1. The molecule has 0 heterocycles. The van der Waals surface area contributed by atoms with Gasteiger partial charge in [-0.25, -0.2) is 4.79 Å². The molecular formula is C24H32N2O4. The Balaban J connectivity index is 1.29. The third-order valence-electron chi connectivity index (χ3n) is 7.07. The van der Waals surface area contributed by atoms with Gasteiger partial charge in [0, 0.05) is 11.1 Å². The summed E-state index contributed by atoms with van der Waals surface area (Å²) in [6.45, 7) is 5.07. The Bertz CT molecular complexity index is 814. The fraction of sp³-hybridized carbons (Fsp3) is 0.625. The molecule has 4 fully saturated rings. The van der Waals surface area contributed by atoms with E-state index in [9.17, 15) is 14.4 Å². The van der Waals surface area contributed by atoms with Crippen LogP contribution in [0.2, 0.25) is 0 Å². The van der Waals surface area contributed by atoms with Gasteiger partial charge in [-0.1, -0.05) is 17.7 Å². The van der Waals surface area contributed by atoms with Crippen molar-refractivity contribution in [2.75, 3.05) is 0 Å². The highest BCUT2D eigenvalue weighted by atomic mass is 16.5. The summed E-state index contributed by atoms with van der Waals surface area (Å²) in [5.74, 6) is 1.00. The lowest BCUT2D eigenvalue weighted by atomic mass is 9.53. The van der Waals surface area contributed by atoms with Crippen LogP contribution in [-0.2, 0) is 14.3 Å². The smallest absolute Gasteiger partial charge is 0.329 e. The zero-order chi connectivity index (χ0) is 21.5. The Hall–Kier alpha value is -2.37. The molecule has 6 nitrogen and oxygen atoms in total. The number of carbonyl (C=O) groups excluding carboxylic acids is 3. The van der Waals surface area contributed by atoms with Crippen molar-refractivity contribution in [2.24, 2.45) is 17.8 Å². The minimum Gasteiger partial charge on any atom is -0.451 e. The molecule has 5 rings (SSSR count). The lowest BCUT2D eigenvalue weighted by molar-refractivity contribution is -0.158. The Kier molecular flexibility index (Phi) is 5.60. The molecule has 0 aliphatic heterocycles. The van der Waals surface area contributed by atoms with Gasteiger partial charge < -0.3 is 15.4 Å². The van der Waals surface area contributed by atoms with Crippen molar-refractivity contribution in [3.05, 3.63) is 35.4 Å². The van der Waals surface area contributed by atoms with Gasteiger partial charge in [0.15, 0.2) is 6.10 Å². The number of rotatable bonds is 6. The summed E-state index contributed by atoms with van der Waals surface area (Å²) in [4.78, 5) is 37.6. The molecule has 4 saturated carbocycles. The van der Waals surface area contributed by atoms with Crippen LogP contribution >= 0.6 is 0 Å². The summed E-state index contributed by atoms with van der Waals surface area (Å²) >= 11 is 0. The molecule has 1 aromatic rings. The highest BCUT2D eigenvalue weighted by Gasteiger charge is 2.51. The number of hydrogen-bond donors (Lipinski definition) is 2. The van der Waals surface area contributed by atoms with Gasteiger partial charge in [-0.3, -0.25) is 9.59 Å². The van der Waals surface area contributed by atoms with Crippen LogP contribution < -0.4 is 10.6 Å². The molecule has 162 valence electrons. The molecule has 30 heavy (non-hydrogen) atoms. The van der Waals surface area contributed by atoms with Crippen LogP contribution in [0.15, 0.2) is 24.3 Å². The molecule has 0 unspecified atom stereocenters. The Morgan fingerprint density at radius 3 is 2.20 bits per heavy atom. The molecule has 4 bridgehead atoms. The van der Waals surface area contributed by atoms with Crippen LogP contribution in [0.4, 0.5) is 0 Å². The zero-order valence-corrected chi connectivity index (χ0v) is 18.1. The van der Waals surface area contributed by atoms with E-state index in [1.165, 1.54) is 19.3 Å². The van der Waals surface area contributed by atoms with E-state index in [2.05, 4.69) is 10.6 Å². The predicted octanol–water partition coefficient (Wildman–Crippen LogP) is 3.13. The van der Waals surface area contributed by atoms with Gasteiger partial charge in [0.1, 0.15) is 6.04 Å². The van der Waals surface area contributed by atoms with Gasteiger partial charge in [-0.2, -0.15) is 0 Å². The normalized spacial score (nSPS) is 31.0. The van der Waals surface area contributed by atoms with Gasteiger partial charge in [-0.05, 0) is 89.2 Å². The maximum Gasteiger partial charge on any atom is 0.329 e. The summed E-state index contributed by atoms with van der Waals surface area (Å²) in [7, 11) is 0. The summed E-state index contributed by atoms with van der Waals surface area (Å²) in [6.07, 6.45) is 6.17. The average molecular weight is 413 g/mol. The quantitative estimate of drug-likeness (QED) is 0.703. The Labute approximate surface area is 178 Å². The summed E-state index contributed by atoms with van der Waals surface area (Å²) in [5.41, 5.74) is 1.34. The van der Waals surface area contributed by atoms with E-state index in [0.29, 0.717) is 5.56 Å². The topological polar surface area (TPSA) is 84.5 Å². The second-order valence-corrected chi connectivity index (χ2v) is 9.83. The second kappa shape index (κ2) is 8.05. The molecule has 2 atom stereocenters. The first-order chi connectivity index (χ1) is 14.2. The molecule has 6 heteroatoms. The predicted molar refractivity (Wildman–Crippen MR) is 113 cm³/mol. The molecule has 0 spiro atoms. The summed E-state index contributed by atoms with van der Waals surface area (Å²) in [6, 6.07) is 6.31. The Morgan fingerprint density at radius 1 is 1.03 bits per heavy atom. The first-order valence-electron chi connectivity index (χ1n) is 11.1. The monoisotopic (exact) mass is 412 g/mol. The molecule has 2 N–H and O–H groups in total. The third kappa shape index (κ3) is 4.37. The third-order valence-corrected chi connectivity index (χ3v) is 7.07. The van der Waals surface area contributed by atoms with Gasteiger partial charge in [0.25, 0.3) is 11.8 Å². The van der Waals surface area contributed by atoms with Gasteiger partial charge in [0.05, 0.1) is 0 Å². The van der Waals surface area contributed by atoms with Crippen LogP contribution in [0, 0.1) is 24.7 Å². The molecule has 1 aromatic carbocycles. The van der Waals surface area contributed by atoms with E-state index < -0.39 is 18.1 Å². The van der Waals surface area contributed by atoms with Gasteiger partial charge in [-0.15, -0.1) is 0 Å². The maximum atomic E-state index is 12.8. The van der Waals surface area contributed by atoms with E-state index in [1.54, 1.807) is 32.0 Å². The molecule has 0 saturated heterocycles. The zero-order valence-electron chi connectivity index (χ0n) is 18.1. The van der Waals surface area contributed by atoms with Crippen molar-refractivity contribution < 1.29 is 19.1 Å². The van der Waals surface area contributed by atoms with Crippen LogP contribution in [0.5, 0.6) is 0 Å². The van der Waals surface area contributed by atoms with Crippen molar-refractivity contribution in [3.8, 4) is 0 Å². The van der Waals surface area contributed by atoms with Crippen molar-refractivity contribution in [3.63, 3.8) is 0 Å². The van der Waals surface area contributed by atoms with Gasteiger partial charge >= 0.3 is 5.97 Å². The fourth-order valence-electron chi connectivity index (χ4n) is 6.08. The van der Waals surface area contributed by atoms with Crippen LogP contribution in [0.3, 0.4) is 0 Å². The van der Waals surface area contributed by atoms with Crippen molar-refractivity contribution in [1.29, 1.82) is 0 Å². The summed E-state index contributed by atoms with van der Waals surface area (Å²) in [5, 5.41) is 5.89. The molecule has 0 radical (unpaired) electrons. The molecule has 2 amide bonds. The number of hydrogen-bond acceptors (Lipinski definition) is 4. The van der Waals surface area contributed by atoms with Gasteiger partial charge in [0.2, 0.25) is 0 Å². The van der Waals surface area contributed by atoms with Crippen molar-refractivity contribution in [1.82, 2.24) is 10.6 Å². The van der Waals surface area contributed by atoms with E-state index in [-0.39, 0.29) is 17.4 Å². The molecular weight excluding hydrogens is 380 g/mol. The number of esters is 1. The van der Waals surface area contributed by atoms with Crippen LogP contribution in [0.1, 0.15) is 68.3 Å². The van der Waals surface area contributed by atoms with Crippen LogP contribution in [0.25, 0.3) is 0 Å². The number of ether oxygens (including phenoxy) is 1. The van der Waals surface area contributed by atoms with Crippen molar-refractivity contribution in [2.45, 2.75) is 77.0 Å². The summed E-state index contributed by atoms with van der Waals surface area (Å²) < 4.78 is 5.38.